The Morgan fingerprint density at radius 3 is 2.81 bits per heavy atom. The van der Waals surface area contributed by atoms with Gasteiger partial charge in [0, 0.05) is 6.61 Å². The maximum Gasteiger partial charge on any atom is 0.0600 e. The van der Waals surface area contributed by atoms with Gasteiger partial charge in [0.25, 0.3) is 0 Å². The van der Waals surface area contributed by atoms with Crippen molar-refractivity contribution in [2.45, 2.75) is 44.3 Å². The number of ether oxygens (including phenoxy) is 1. The summed E-state index contributed by atoms with van der Waals surface area (Å²) in [6.07, 6.45) is 4.93. The third-order valence-corrected chi connectivity index (χ3v) is 3.17. The lowest BCUT2D eigenvalue weighted by Gasteiger charge is -2.15. The number of aryl methyl sites for hydroxylation is 1. The molecule has 1 aromatic rings. The largest absolute Gasteiger partial charge is 0.393 e. The van der Waals surface area contributed by atoms with E-state index in [0.717, 1.165) is 38.7 Å². The number of aliphatic hydroxyl groups excluding tert-OH is 1. The lowest BCUT2D eigenvalue weighted by Crippen LogP contribution is -2.17. The second kappa shape index (κ2) is 6.02. The summed E-state index contributed by atoms with van der Waals surface area (Å²) >= 11 is 0. The zero-order chi connectivity index (χ0) is 11.2. The summed E-state index contributed by atoms with van der Waals surface area (Å²) in [7, 11) is 0. The molecule has 88 valence electrons. The smallest absolute Gasteiger partial charge is 0.0600 e. The van der Waals surface area contributed by atoms with E-state index < -0.39 is 0 Å². The van der Waals surface area contributed by atoms with Crippen molar-refractivity contribution in [3.8, 4) is 0 Å². The summed E-state index contributed by atoms with van der Waals surface area (Å²) in [4.78, 5) is 0. The fraction of sp³-hybridized carbons (Fsp3) is 0.571. The zero-order valence-electron chi connectivity index (χ0n) is 9.64. The molecule has 1 aliphatic rings. The van der Waals surface area contributed by atoms with E-state index in [1.807, 2.05) is 18.2 Å². The Bertz CT molecular complexity index is 291. The maximum absolute atomic E-state index is 9.89. The molecule has 0 radical (unpaired) electrons. The molecule has 2 rings (SSSR count). The van der Waals surface area contributed by atoms with Crippen LogP contribution < -0.4 is 0 Å². The summed E-state index contributed by atoms with van der Waals surface area (Å²) in [5.74, 6) is 0. The third kappa shape index (κ3) is 3.62. The van der Waals surface area contributed by atoms with Crippen LogP contribution in [-0.4, -0.2) is 23.9 Å². The summed E-state index contributed by atoms with van der Waals surface area (Å²) in [5, 5.41) is 9.89. The number of hydrogen-bond acceptors (Lipinski definition) is 2. The van der Waals surface area contributed by atoms with Gasteiger partial charge in [-0.3, -0.25) is 0 Å². The van der Waals surface area contributed by atoms with E-state index >= 15 is 0 Å². The third-order valence-electron chi connectivity index (χ3n) is 3.17. The van der Waals surface area contributed by atoms with E-state index in [2.05, 4.69) is 12.1 Å². The lowest BCUT2D eigenvalue weighted by atomic mass is 10.0. The van der Waals surface area contributed by atoms with Crippen molar-refractivity contribution in [2.75, 3.05) is 6.61 Å². The van der Waals surface area contributed by atoms with Crippen molar-refractivity contribution in [2.24, 2.45) is 0 Å². The van der Waals surface area contributed by atoms with Crippen molar-refractivity contribution in [1.82, 2.24) is 0 Å². The molecule has 0 aliphatic carbocycles. The number of aliphatic hydroxyl groups is 1. The molecule has 0 spiro atoms. The van der Waals surface area contributed by atoms with Crippen LogP contribution in [0, 0.1) is 0 Å². The quantitative estimate of drug-likeness (QED) is 0.826. The Hall–Kier alpha value is -0.860. The molecule has 16 heavy (non-hydrogen) atoms. The zero-order valence-corrected chi connectivity index (χ0v) is 9.64. The Labute approximate surface area is 97.3 Å². The van der Waals surface area contributed by atoms with E-state index in [0.29, 0.717) is 6.10 Å². The first-order valence-electron chi connectivity index (χ1n) is 6.18. The van der Waals surface area contributed by atoms with Crippen molar-refractivity contribution in [3.05, 3.63) is 35.9 Å². The minimum Gasteiger partial charge on any atom is -0.393 e. The molecule has 1 saturated heterocycles. The topological polar surface area (TPSA) is 29.5 Å². The summed E-state index contributed by atoms with van der Waals surface area (Å²) in [5.41, 5.74) is 1.30. The van der Waals surface area contributed by atoms with Crippen LogP contribution in [0.25, 0.3) is 0 Å². The average molecular weight is 220 g/mol. The molecule has 1 fully saturated rings. The van der Waals surface area contributed by atoms with Gasteiger partial charge in [0.15, 0.2) is 0 Å². The highest BCUT2D eigenvalue weighted by atomic mass is 16.5. The summed E-state index contributed by atoms with van der Waals surface area (Å²) in [6, 6.07) is 10.3. The molecule has 0 bridgehead atoms. The van der Waals surface area contributed by atoms with Gasteiger partial charge in [-0.05, 0) is 37.7 Å². The van der Waals surface area contributed by atoms with Gasteiger partial charge in [-0.1, -0.05) is 30.3 Å². The van der Waals surface area contributed by atoms with E-state index in [1.165, 1.54) is 5.56 Å². The van der Waals surface area contributed by atoms with Gasteiger partial charge >= 0.3 is 0 Å². The first-order valence-corrected chi connectivity index (χ1v) is 6.18. The molecule has 2 nitrogen and oxygen atoms in total. The lowest BCUT2D eigenvalue weighted by molar-refractivity contribution is 0.0508. The van der Waals surface area contributed by atoms with Gasteiger partial charge in [-0.15, -0.1) is 0 Å². The van der Waals surface area contributed by atoms with Crippen molar-refractivity contribution in [1.29, 1.82) is 0 Å². The van der Waals surface area contributed by atoms with Crippen LogP contribution in [0.3, 0.4) is 0 Å². The number of hydrogen-bond donors (Lipinski definition) is 1. The number of rotatable bonds is 5. The van der Waals surface area contributed by atoms with Crippen LogP contribution in [0.2, 0.25) is 0 Å². The Kier molecular flexibility index (Phi) is 4.37. The van der Waals surface area contributed by atoms with Gasteiger partial charge in [0.2, 0.25) is 0 Å². The van der Waals surface area contributed by atoms with Crippen LogP contribution in [-0.2, 0) is 11.2 Å². The van der Waals surface area contributed by atoms with Gasteiger partial charge in [0.05, 0.1) is 12.2 Å². The molecule has 1 aromatic carbocycles. The molecule has 1 heterocycles. The van der Waals surface area contributed by atoms with Crippen LogP contribution in [0.1, 0.15) is 31.2 Å². The average Bonchev–Trinajstić information content (AvgIpc) is 2.81. The van der Waals surface area contributed by atoms with E-state index in [-0.39, 0.29) is 6.10 Å². The minimum atomic E-state index is -0.219. The Morgan fingerprint density at radius 1 is 1.31 bits per heavy atom. The van der Waals surface area contributed by atoms with Gasteiger partial charge in [-0.25, -0.2) is 0 Å². The summed E-state index contributed by atoms with van der Waals surface area (Å²) < 4.78 is 5.52. The Balaban J connectivity index is 1.69. The molecule has 2 atom stereocenters. The van der Waals surface area contributed by atoms with E-state index in [1.54, 1.807) is 0 Å². The molecule has 2 heteroatoms. The van der Waals surface area contributed by atoms with Crippen molar-refractivity contribution < 1.29 is 9.84 Å². The van der Waals surface area contributed by atoms with E-state index in [9.17, 15) is 5.11 Å². The predicted octanol–water partition coefficient (Wildman–Crippen LogP) is 2.55. The van der Waals surface area contributed by atoms with Crippen molar-refractivity contribution in [3.63, 3.8) is 0 Å². The monoisotopic (exact) mass is 220 g/mol. The van der Waals surface area contributed by atoms with Gasteiger partial charge in [0.1, 0.15) is 0 Å². The molecule has 1 N–H and O–H groups in total. The second-order valence-corrected chi connectivity index (χ2v) is 4.55. The molecule has 0 aromatic heterocycles. The Morgan fingerprint density at radius 2 is 2.12 bits per heavy atom. The molecule has 2 unspecified atom stereocenters. The fourth-order valence-corrected chi connectivity index (χ4v) is 2.23. The highest BCUT2D eigenvalue weighted by molar-refractivity contribution is 5.14. The summed E-state index contributed by atoms with van der Waals surface area (Å²) in [6.45, 7) is 0.871. The minimum absolute atomic E-state index is 0.219. The molecule has 0 saturated carbocycles. The van der Waals surface area contributed by atoms with Gasteiger partial charge < -0.3 is 9.84 Å². The van der Waals surface area contributed by atoms with Gasteiger partial charge in [-0.2, -0.15) is 0 Å². The first kappa shape index (κ1) is 11.6. The normalized spacial score (nSPS) is 22.2. The maximum atomic E-state index is 9.89. The molecule has 0 amide bonds. The van der Waals surface area contributed by atoms with Crippen molar-refractivity contribution >= 4 is 0 Å². The van der Waals surface area contributed by atoms with Crippen LogP contribution in [0.4, 0.5) is 0 Å². The molecular formula is C14H20O2. The van der Waals surface area contributed by atoms with Crippen LogP contribution >= 0.6 is 0 Å². The highest BCUT2D eigenvalue weighted by Crippen LogP contribution is 2.18. The second-order valence-electron chi connectivity index (χ2n) is 4.55. The first-order chi connectivity index (χ1) is 7.84. The fourth-order valence-electron chi connectivity index (χ4n) is 2.23. The standard InChI is InChI=1S/C14H20O2/c15-13(11-14-7-4-10-16-14)9-8-12-5-2-1-3-6-12/h1-3,5-6,13-15H,4,7-11H2. The number of benzene rings is 1. The van der Waals surface area contributed by atoms with E-state index in [4.69, 9.17) is 4.74 Å². The predicted molar refractivity (Wildman–Crippen MR) is 64.4 cm³/mol. The highest BCUT2D eigenvalue weighted by Gasteiger charge is 2.19. The molecular weight excluding hydrogens is 200 g/mol. The molecule has 1 aliphatic heterocycles. The van der Waals surface area contributed by atoms with Crippen LogP contribution in [0.5, 0.6) is 0 Å². The SMILES string of the molecule is OC(CCc1ccccc1)CC1CCCO1. The van der Waals surface area contributed by atoms with Crippen LogP contribution in [0.15, 0.2) is 30.3 Å².